The molecule has 0 spiro atoms. The van der Waals surface area contributed by atoms with E-state index in [0.717, 1.165) is 15.7 Å². The fourth-order valence-corrected chi connectivity index (χ4v) is 1.29. The van der Waals surface area contributed by atoms with E-state index in [1.807, 2.05) is 13.0 Å². The van der Waals surface area contributed by atoms with Crippen molar-refractivity contribution >= 4 is 15.9 Å². The van der Waals surface area contributed by atoms with Gasteiger partial charge < -0.3 is 9.47 Å². The second-order valence-corrected chi connectivity index (χ2v) is 3.43. The van der Waals surface area contributed by atoms with Crippen LogP contribution in [0.1, 0.15) is 17.4 Å². The minimum atomic E-state index is -0.334. The SMILES string of the molecule is COC(OC)c1cnc(Br)c(C)c1. The molecular formula is C9H12BrNO2. The second kappa shape index (κ2) is 4.69. The molecule has 0 radical (unpaired) electrons. The predicted molar refractivity (Wildman–Crippen MR) is 53.4 cm³/mol. The Morgan fingerprint density at radius 1 is 1.38 bits per heavy atom. The lowest BCUT2D eigenvalue weighted by Gasteiger charge is -2.13. The van der Waals surface area contributed by atoms with Crippen LogP contribution in [0.4, 0.5) is 0 Å². The van der Waals surface area contributed by atoms with Crippen LogP contribution >= 0.6 is 15.9 Å². The van der Waals surface area contributed by atoms with Gasteiger partial charge in [-0.3, -0.25) is 0 Å². The van der Waals surface area contributed by atoms with Crippen LogP contribution < -0.4 is 0 Å². The van der Waals surface area contributed by atoms with Crippen molar-refractivity contribution in [3.05, 3.63) is 28.0 Å². The molecule has 13 heavy (non-hydrogen) atoms. The summed E-state index contributed by atoms with van der Waals surface area (Å²) in [5.74, 6) is 0. The lowest BCUT2D eigenvalue weighted by atomic mass is 10.2. The molecule has 0 bridgehead atoms. The lowest BCUT2D eigenvalue weighted by molar-refractivity contribution is -0.106. The van der Waals surface area contributed by atoms with Crippen molar-refractivity contribution in [3.63, 3.8) is 0 Å². The largest absolute Gasteiger partial charge is 0.352 e. The quantitative estimate of drug-likeness (QED) is 0.606. The number of methoxy groups -OCH3 is 2. The third-order valence-electron chi connectivity index (χ3n) is 1.74. The average molecular weight is 246 g/mol. The van der Waals surface area contributed by atoms with E-state index in [4.69, 9.17) is 9.47 Å². The highest BCUT2D eigenvalue weighted by atomic mass is 79.9. The molecule has 1 aromatic rings. The summed E-state index contributed by atoms with van der Waals surface area (Å²) in [6.07, 6.45) is 1.40. The fraction of sp³-hybridized carbons (Fsp3) is 0.444. The van der Waals surface area contributed by atoms with Crippen LogP contribution in [-0.2, 0) is 9.47 Å². The Balaban J connectivity index is 2.95. The van der Waals surface area contributed by atoms with Crippen molar-refractivity contribution in [3.8, 4) is 0 Å². The number of hydrogen-bond donors (Lipinski definition) is 0. The van der Waals surface area contributed by atoms with Gasteiger partial charge in [-0.1, -0.05) is 0 Å². The van der Waals surface area contributed by atoms with Crippen LogP contribution in [0, 0.1) is 6.92 Å². The smallest absolute Gasteiger partial charge is 0.184 e. The van der Waals surface area contributed by atoms with E-state index in [2.05, 4.69) is 20.9 Å². The molecule has 0 saturated heterocycles. The summed E-state index contributed by atoms with van der Waals surface area (Å²) in [5.41, 5.74) is 1.99. The van der Waals surface area contributed by atoms with E-state index in [9.17, 15) is 0 Å². The first kappa shape index (κ1) is 10.6. The highest BCUT2D eigenvalue weighted by molar-refractivity contribution is 9.10. The standard InChI is InChI=1S/C9H12BrNO2/c1-6-4-7(5-11-8(6)10)9(12-2)13-3/h4-5,9H,1-3H3. The Morgan fingerprint density at radius 2 is 2.00 bits per heavy atom. The van der Waals surface area contributed by atoms with E-state index < -0.39 is 0 Å². The van der Waals surface area contributed by atoms with Crippen LogP contribution in [0.5, 0.6) is 0 Å². The first-order chi connectivity index (χ1) is 6.19. The van der Waals surface area contributed by atoms with Gasteiger partial charge in [-0.2, -0.15) is 0 Å². The summed E-state index contributed by atoms with van der Waals surface area (Å²) < 4.78 is 11.1. The Hall–Kier alpha value is -0.450. The summed E-state index contributed by atoms with van der Waals surface area (Å²) in [6.45, 7) is 1.98. The molecule has 3 nitrogen and oxygen atoms in total. The maximum absolute atomic E-state index is 5.10. The third-order valence-corrected chi connectivity index (χ3v) is 2.57. The number of rotatable bonds is 3. The molecule has 0 atom stereocenters. The van der Waals surface area contributed by atoms with Crippen LogP contribution in [0.25, 0.3) is 0 Å². The van der Waals surface area contributed by atoms with E-state index >= 15 is 0 Å². The van der Waals surface area contributed by atoms with Gasteiger partial charge in [-0.15, -0.1) is 0 Å². The Bertz CT molecular complexity index is 287. The first-order valence-corrected chi connectivity index (χ1v) is 4.66. The maximum Gasteiger partial charge on any atom is 0.184 e. The van der Waals surface area contributed by atoms with Crippen molar-refractivity contribution in [2.24, 2.45) is 0 Å². The average Bonchev–Trinajstić information content (AvgIpc) is 2.13. The monoisotopic (exact) mass is 245 g/mol. The Kier molecular flexibility index (Phi) is 3.84. The Labute approximate surface area is 86.2 Å². The molecule has 1 rings (SSSR count). The third kappa shape index (κ3) is 2.49. The molecule has 0 fully saturated rings. The number of pyridine rings is 1. The highest BCUT2D eigenvalue weighted by Gasteiger charge is 2.09. The van der Waals surface area contributed by atoms with Gasteiger partial charge in [-0.05, 0) is 34.5 Å². The molecule has 0 unspecified atom stereocenters. The van der Waals surface area contributed by atoms with E-state index in [1.165, 1.54) is 0 Å². The summed E-state index contributed by atoms with van der Waals surface area (Å²) in [7, 11) is 3.21. The minimum absolute atomic E-state index is 0.334. The van der Waals surface area contributed by atoms with Gasteiger partial charge in [0, 0.05) is 26.0 Å². The summed E-state index contributed by atoms with van der Waals surface area (Å²) in [4.78, 5) is 4.15. The summed E-state index contributed by atoms with van der Waals surface area (Å²) >= 11 is 3.33. The molecule has 0 amide bonds. The van der Waals surface area contributed by atoms with E-state index in [1.54, 1.807) is 20.4 Å². The fourth-order valence-electron chi connectivity index (χ4n) is 1.08. The van der Waals surface area contributed by atoms with Gasteiger partial charge >= 0.3 is 0 Å². The number of halogens is 1. The number of hydrogen-bond acceptors (Lipinski definition) is 3. The molecule has 0 aliphatic heterocycles. The number of aromatic nitrogens is 1. The highest BCUT2D eigenvalue weighted by Crippen LogP contribution is 2.20. The van der Waals surface area contributed by atoms with Gasteiger partial charge in [0.05, 0.1) is 0 Å². The van der Waals surface area contributed by atoms with Crippen molar-refractivity contribution in [2.45, 2.75) is 13.2 Å². The first-order valence-electron chi connectivity index (χ1n) is 3.86. The number of ether oxygens (including phenoxy) is 2. The van der Waals surface area contributed by atoms with Gasteiger partial charge in [0.1, 0.15) is 4.60 Å². The minimum Gasteiger partial charge on any atom is -0.352 e. The predicted octanol–water partition coefficient (Wildman–Crippen LogP) is 2.44. The van der Waals surface area contributed by atoms with Crippen LogP contribution in [0.3, 0.4) is 0 Å². The normalized spacial score (nSPS) is 10.8. The summed E-state index contributed by atoms with van der Waals surface area (Å²) in [5, 5.41) is 0. The molecular weight excluding hydrogens is 234 g/mol. The molecule has 72 valence electrons. The molecule has 1 heterocycles. The lowest BCUT2D eigenvalue weighted by Crippen LogP contribution is -2.04. The topological polar surface area (TPSA) is 31.4 Å². The molecule has 0 aliphatic carbocycles. The summed E-state index contributed by atoms with van der Waals surface area (Å²) in [6, 6.07) is 1.98. The molecule has 4 heteroatoms. The van der Waals surface area contributed by atoms with Crippen molar-refractivity contribution in [1.29, 1.82) is 0 Å². The van der Waals surface area contributed by atoms with Crippen LogP contribution in [0.15, 0.2) is 16.9 Å². The van der Waals surface area contributed by atoms with Gasteiger partial charge in [-0.25, -0.2) is 4.98 Å². The Morgan fingerprint density at radius 3 is 2.46 bits per heavy atom. The van der Waals surface area contributed by atoms with Gasteiger partial charge in [0.15, 0.2) is 6.29 Å². The molecule has 0 saturated carbocycles. The molecule has 0 N–H and O–H groups in total. The van der Waals surface area contributed by atoms with Crippen LogP contribution in [-0.4, -0.2) is 19.2 Å². The zero-order valence-electron chi connectivity index (χ0n) is 7.87. The van der Waals surface area contributed by atoms with E-state index in [-0.39, 0.29) is 6.29 Å². The van der Waals surface area contributed by atoms with Crippen LogP contribution in [0.2, 0.25) is 0 Å². The second-order valence-electron chi connectivity index (χ2n) is 2.68. The molecule has 0 aliphatic rings. The van der Waals surface area contributed by atoms with Gasteiger partial charge in [0.25, 0.3) is 0 Å². The van der Waals surface area contributed by atoms with Crippen molar-refractivity contribution in [1.82, 2.24) is 4.98 Å². The zero-order chi connectivity index (χ0) is 9.84. The van der Waals surface area contributed by atoms with E-state index in [0.29, 0.717) is 0 Å². The number of nitrogens with zero attached hydrogens (tertiary/aromatic N) is 1. The zero-order valence-corrected chi connectivity index (χ0v) is 9.46. The van der Waals surface area contributed by atoms with Gasteiger partial charge in [0.2, 0.25) is 0 Å². The van der Waals surface area contributed by atoms with Crippen molar-refractivity contribution in [2.75, 3.05) is 14.2 Å². The maximum atomic E-state index is 5.10. The number of aryl methyl sites for hydroxylation is 1. The molecule has 0 aromatic carbocycles. The van der Waals surface area contributed by atoms with Crippen molar-refractivity contribution < 1.29 is 9.47 Å². The molecule has 1 aromatic heterocycles.